The smallest absolute Gasteiger partial charge is 0.165 e. The molecule has 1 saturated heterocycles. The summed E-state index contributed by atoms with van der Waals surface area (Å²) >= 11 is 0. The highest BCUT2D eigenvalue weighted by atomic mass is 19.1. The van der Waals surface area contributed by atoms with Gasteiger partial charge < -0.3 is 4.90 Å². The maximum Gasteiger partial charge on any atom is 0.165 e. The molecule has 1 unspecified atom stereocenters. The van der Waals surface area contributed by atoms with E-state index in [1.807, 2.05) is 11.1 Å². The zero-order chi connectivity index (χ0) is 16.5. The molecule has 1 fully saturated rings. The van der Waals surface area contributed by atoms with Crippen LogP contribution in [0.4, 0.5) is 10.2 Å². The van der Waals surface area contributed by atoms with Gasteiger partial charge in [0.2, 0.25) is 0 Å². The zero-order valence-electron chi connectivity index (χ0n) is 13.6. The molecule has 4 rings (SSSR count). The lowest BCUT2D eigenvalue weighted by Crippen LogP contribution is -2.34. The van der Waals surface area contributed by atoms with Crippen molar-refractivity contribution < 1.29 is 4.39 Å². The Hall–Kier alpha value is -2.47. The van der Waals surface area contributed by atoms with Crippen LogP contribution in [-0.2, 0) is 6.54 Å². The van der Waals surface area contributed by atoms with Crippen molar-refractivity contribution in [3.05, 3.63) is 54.1 Å². The number of para-hydroxylation sites is 1. The van der Waals surface area contributed by atoms with Crippen molar-refractivity contribution >= 4 is 16.7 Å². The van der Waals surface area contributed by atoms with Crippen LogP contribution in [0.5, 0.6) is 0 Å². The second kappa shape index (κ2) is 6.20. The quantitative estimate of drug-likeness (QED) is 0.801. The number of aromatic nitrogens is 3. The van der Waals surface area contributed by atoms with E-state index in [9.17, 15) is 4.39 Å². The van der Waals surface area contributed by atoms with Crippen LogP contribution in [0, 0.1) is 5.82 Å². The van der Waals surface area contributed by atoms with E-state index < -0.39 is 0 Å². The van der Waals surface area contributed by atoms with Crippen LogP contribution in [0.3, 0.4) is 0 Å². The molecule has 5 nitrogen and oxygen atoms in total. The van der Waals surface area contributed by atoms with E-state index in [1.165, 1.54) is 11.6 Å². The van der Waals surface area contributed by atoms with Gasteiger partial charge in [-0.3, -0.25) is 10.00 Å². The maximum absolute atomic E-state index is 13.9. The third kappa shape index (κ3) is 2.73. The SMILES string of the molecule is CN(Cc1cccc2cn[nH]c12)C1CCN(c2ncccc2F)C1. The molecular weight excluding hydrogens is 305 g/mol. The fourth-order valence-electron chi connectivity index (χ4n) is 3.46. The minimum Gasteiger partial charge on any atom is -0.353 e. The Labute approximate surface area is 140 Å². The molecule has 1 atom stereocenters. The average Bonchev–Trinajstić information content (AvgIpc) is 3.25. The number of nitrogens with one attached hydrogen (secondary N) is 1. The number of benzene rings is 1. The molecule has 1 aliphatic rings. The summed E-state index contributed by atoms with van der Waals surface area (Å²) in [5.74, 6) is 0.215. The number of hydrogen-bond donors (Lipinski definition) is 1. The van der Waals surface area contributed by atoms with Gasteiger partial charge in [-0.2, -0.15) is 5.10 Å². The molecule has 0 saturated carbocycles. The van der Waals surface area contributed by atoms with Gasteiger partial charge >= 0.3 is 0 Å². The standard InChI is InChI=1S/C18H20FN5/c1-23(11-14-5-2-4-13-10-21-22-17(13)14)15-7-9-24(12-15)18-16(19)6-3-8-20-18/h2-6,8,10,15H,7,9,11-12H2,1H3,(H,21,22). The van der Waals surface area contributed by atoms with E-state index in [0.717, 1.165) is 37.0 Å². The first-order valence-electron chi connectivity index (χ1n) is 8.19. The Morgan fingerprint density at radius 3 is 3.12 bits per heavy atom. The lowest BCUT2D eigenvalue weighted by molar-refractivity contribution is 0.251. The monoisotopic (exact) mass is 325 g/mol. The van der Waals surface area contributed by atoms with Gasteiger partial charge in [0.1, 0.15) is 0 Å². The number of aromatic amines is 1. The second-order valence-electron chi connectivity index (χ2n) is 6.36. The summed E-state index contributed by atoms with van der Waals surface area (Å²) in [6, 6.07) is 9.73. The summed E-state index contributed by atoms with van der Waals surface area (Å²) in [7, 11) is 2.12. The van der Waals surface area contributed by atoms with Gasteiger partial charge in [0, 0.05) is 37.3 Å². The minimum atomic E-state index is -0.247. The first-order chi connectivity index (χ1) is 11.7. The lowest BCUT2D eigenvalue weighted by Gasteiger charge is -2.25. The first kappa shape index (κ1) is 15.1. The van der Waals surface area contributed by atoms with Crippen LogP contribution in [0.25, 0.3) is 10.9 Å². The maximum atomic E-state index is 13.9. The van der Waals surface area contributed by atoms with E-state index in [-0.39, 0.29) is 5.82 Å². The van der Waals surface area contributed by atoms with Crippen LogP contribution < -0.4 is 4.90 Å². The Morgan fingerprint density at radius 1 is 1.33 bits per heavy atom. The Balaban J connectivity index is 1.47. The summed E-state index contributed by atoms with van der Waals surface area (Å²) in [5, 5.41) is 8.34. The Morgan fingerprint density at radius 2 is 2.25 bits per heavy atom. The molecule has 24 heavy (non-hydrogen) atoms. The third-order valence-corrected chi connectivity index (χ3v) is 4.81. The molecule has 124 valence electrons. The van der Waals surface area contributed by atoms with Crippen molar-refractivity contribution in [2.75, 3.05) is 25.0 Å². The van der Waals surface area contributed by atoms with Crippen molar-refractivity contribution in [1.82, 2.24) is 20.1 Å². The number of nitrogens with zero attached hydrogens (tertiary/aromatic N) is 4. The molecule has 3 aromatic rings. The van der Waals surface area contributed by atoms with Gasteiger partial charge in [-0.15, -0.1) is 0 Å². The van der Waals surface area contributed by atoms with Crippen LogP contribution >= 0.6 is 0 Å². The number of rotatable bonds is 4. The average molecular weight is 325 g/mol. The van der Waals surface area contributed by atoms with Gasteiger partial charge in [-0.25, -0.2) is 9.37 Å². The van der Waals surface area contributed by atoms with Gasteiger partial charge in [0.25, 0.3) is 0 Å². The molecule has 1 N–H and O–H groups in total. The molecular formula is C18H20FN5. The molecule has 0 bridgehead atoms. The number of hydrogen-bond acceptors (Lipinski definition) is 4. The van der Waals surface area contributed by atoms with Gasteiger partial charge in [0.05, 0.1) is 11.7 Å². The summed E-state index contributed by atoms with van der Waals surface area (Å²) in [6.45, 7) is 2.46. The fourth-order valence-corrected chi connectivity index (χ4v) is 3.46. The normalized spacial score (nSPS) is 18.0. The molecule has 0 aliphatic carbocycles. The van der Waals surface area contributed by atoms with Crippen LogP contribution in [-0.4, -0.2) is 46.3 Å². The number of pyridine rings is 1. The predicted octanol–water partition coefficient (Wildman–Crippen LogP) is 2.81. The van der Waals surface area contributed by atoms with Gasteiger partial charge in [-0.05, 0) is 31.2 Å². The van der Waals surface area contributed by atoms with E-state index in [4.69, 9.17) is 0 Å². The molecule has 1 aliphatic heterocycles. The molecule has 2 aromatic heterocycles. The van der Waals surface area contributed by atoms with Crippen molar-refractivity contribution in [3.63, 3.8) is 0 Å². The molecule has 1 aromatic carbocycles. The number of halogens is 1. The van der Waals surface area contributed by atoms with E-state index in [2.05, 4.69) is 45.3 Å². The van der Waals surface area contributed by atoms with E-state index in [0.29, 0.717) is 11.9 Å². The highest BCUT2D eigenvalue weighted by Gasteiger charge is 2.28. The summed E-state index contributed by atoms with van der Waals surface area (Å²) < 4.78 is 13.9. The Kier molecular flexibility index (Phi) is 3.90. The van der Waals surface area contributed by atoms with Crippen LogP contribution in [0.2, 0.25) is 0 Å². The predicted molar refractivity (Wildman–Crippen MR) is 92.4 cm³/mol. The number of anilines is 1. The largest absolute Gasteiger partial charge is 0.353 e. The first-order valence-corrected chi connectivity index (χ1v) is 8.19. The van der Waals surface area contributed by atoms with Crippen molar-refractivity contribution in [2.45, 2.75) is 19.0 Å². The molecule has 0 spiro atoms. The van der Waals surface area contributed by atoms with Crippen LogP contribution in [0.1, 0.15) is 12.0 Å². The van der Waals surface area contributed by atoms with Gasteiger partial charge in [0.15, 0.2) is 11.6 Å². The number of fused-ring (bicyclic) bond motifs is 1. The van der Waals surface area contributed by atoms with E-state index >= 15 is 0 Å². The molecule has 0 radical (unpaired) electrons. The fraction of sp³-hybridized carbons (Fsp3) is 0.333. The topological polar surface area (TPSA) is 48.1 Å². The van der Waals surface area contributed by atoms with Crippen LogP contribution in [0.15, 0.2) is 42.7 Å². The molecule has 0 amide bonds. The van der Waals surface area contributed by atoms with Crippen molar-refractivity contribution in [2.24, 2.45) is 0 Å². The Bertz CT molecular complexity index is 846. The molecule has 3 heterocycles. The van der Waals surface area contributed by atoms with Gasteiger partial charge in [-0.1, -0.05) is 18.2 Å². The van der Waals surface area contributed by atoms with E-state index in [1.54, 1.807) is 12.3 Å². The number of likely N-dealkylation sites (N-methyl/N-ethyl adjacent to an activating group) is 1. The third-order valence-electron chi connectivity index (χ3n) is 4.81. The summed E-state index contributed by atoms with van der Waals surface area (Å²) in [4.78, 5) is 8.56. The lowest BCUT2D eigenvalue weighted by atomic mass is 10.1. The highest BCUT2D eigenvalue weighted by molar-refractivity contribution is 5.81. The number of H-pyrrole nitrogens is 1. The summed E-state index contributed by atoms with van der Waals surface area (Å²) in [6.07, 6.45) is 4.50. The summed E-state index contributed by atoms with van der Waals surface area (Å²) in [5.41, 5.74) is 2.32. The van der Waals surface area contributed by atoms with Crippen molar-refractivity contribution in [1.29, 1.82) is 0 Å². The highest BCUT2D eigenvalue weighted by Crippen LogP contribution is 2.25. The second-order valence-corrected chi connectivity index (χ2v) is 6.36. The zero-order valence-corrected chi connectivity index (χ0v) is 13.6. The minimum absolute atomic E-state index is 0.247. The molecule has 6 heteroatoms. The van der Waals surface area contributed by atoms with Crippen molar-refractivity contribution in [3.8, 4) is 0 Å².